The van der Waals surface area contributed by atoms with Crippen molar-refractivity contribution < 1.29 is 28.6 Å². The lowest BCUT2D eigenvalue weighted by molar-refractivity contribution is -0.193. The number of piperidine rings is 1. The van der Waals surface area contributed by atoms with Crippen molar-refractivity contribution in [2.24, 2.45) is 45.8 Å². The van der Waals surface area contributed by atoms with Gasteiger partial charge in [0.1, 0.15) is 11.9 Å². The van der Waals surface area contributed by atoms with E-state index in [1.54, 1.807) is 14.2 Å². The van der Waals surface area contributed by atoms with E-state index < -0.39 is 23.0 Å². The number of methoxy groups -OCH3 is 2. The van der Waals surface area contributed by atoms with Crippen molar-refractivity contribution in [1.82, 2.24) is 10.2 Å². The van der Waals surface area contributed by atoms with Gasteiger partial charge in [0, 0.05) is 56.6 Å². The van der Waals surface area contributed by atoms with Gasteiger partial charge < -0.3 is 19.1 Å². The zero-order chi connectivity index (χ0) is 27.5. The summed E-state index contributed by atoms with van der Waals surface area (Å²) in [5.41, 5.74) is -1.26. The lowest BCUT2D eigenvalue weighted by Crippen LogP contribution is -2.63. The van der Waals surface area contributed by atoms with Gasteiger partial charge in [0.15, 0.2) is 0 Å². The maximum absolute atomic E-state index is 14.3. The van der Waals surface area contributed by atoms with Gasteiger partial charge in [0.25, 0.3) is 0 Å². The molecule has 1 N–H and O–H groups in total. The van der Waals surface area contributed by atoms with Crippen molar-refractivity contribution in [1.29, 1.82) is 0 Å². The Labute approximate surface area is 227 Å². The second-order valence-corrected chi connectivity index (χ2v) is 13.7. The molecule has 3 saturated carbocycles. The molecule has 5 aliphatic rings. The Kier molecular flexibility index (Phi) is 7.49. The Hall–Kier alpha value is -1.51. The molecule has 11 atom stereocenters. The highest BCUT2D eigenvalue weighted by molar-refractivity contribution is 5.93. The number of nitrogens with zero attached hydrogens (tertiary/aromatic N) is 1. The van der Waals surface area contributed by atoms with Crippen molar-refractivity contribution in [3.63, 3.8) is 0 Å². The number of carbonyl (C=O) groups is 3. The standard InChI is InChI=1S/C30H48N2O6/c1-18-7-10-30-11-8-22(37-6)24(30)29(18,4)23(15-28(3,12-14-36-5)25(33)19(30)2)38-27(35)31-26(34)21-17-32-13-9-20(21)16-32/h18-24H,7-17H2,1-6H3,(H,31,34,35)/t18-,19+,20-,21+,22?,23-,24?,28-,29+,30?/m1/s1. The summed E-state index contributed by atoms with van der Waals surface area (Å²) >= 11 is 0. The molecule has 2 aliphatic heterocycles. The molecule has 0 aromatic carbocycles. The van der Waals surface area contributed by atoms with Gasteiger partial charge in [-0.2, -0.15) is 0 Å². The van der Waals surface area contributed by atoms with E-state index in [0.717, 1.165) is 45.2 Å². The minimum atomic E-state index is -0.691. The first-order chi connectivity index (χ1) is 18.0. The van der Waals surface area contributed by atoms with Crippen LogP contribution in [0.1, 0.15) is 72.6 Å². The summed E-state index contributed by atoms with van der Waals surface area (Å²) < 4.78 is 17.8. The number of carbonyl (C=O) groups excluding carboxylic acids is 3. The number of fused-ring (bicyclic) bond motifs is 2. The predicted molar refractivity (Wildman–Crippen MR) is 142 cm³/mol. The molecule has 4 unspecified atom stereocenters. The van der Waals surface area contributed by atoms with Crippen molar-refractivity contribution >= 4 is 17.8 Å². The lowest BCUT2D eigenvalue weighted by atomic mass is 9.44. The molecular weight excluding hydrogens is 484 g/mol. The molecule has 2 saturated heterocycles. The fraction of sp³-hybridized carbons (Fsp3) is 0.900. The number of amides is 2. The van der Waals surface area contributed by atoms with Gasteiger partial charge >= 0.3 is 6.09 Å². The number of hydrogen-bond acceptors (Lipinski definition) is 7. The maximum atomic E-state index is 14.3. The molecule has 0 radical (unpaired) electrons. The Bertz CT molecular complexity index is 957. The Balaban J connectivity index is 1.48. The number of hydrogen-bond donors (Lipinski definition) is 1. The fourth-order valence-electron chi connectivity index (χ4n) is 9.65. The molecule has 2 heterocycles. The van der Waals surface area contributed by atoms with Gasteiger partial charge in [-0.25, -0.2) is 4.79 Å². The largest absolute Gasteiger partial charge is 0.445 e. The van der Waals surface area contributed by atoms with Crippen LogP contribution in [0.25, 0.3) is 0 Å². The van der Waals surface area contributed by atoms with Crippen LogP contribution in [0, 0.1) is 45.8 Å². The van der Waals surface area contributed by atoms with Crippen LogP contribution in [0.4, 0.5) is 4.79 Å². The van der Waals surface area contributed by atoms with Gasteiger partial charge in [0.2, 0.25) is 5.91 Å². The van der Waals surface area contributed by atoms with Crippen molar-refractivity contribution in [2.75, 3.05) is 40.5 Å². The van der Waals surface area contributed by atoms with E-state index in [2.05, 4.69) is 31.0 Å². The zero-order valence-electron chi connectivity index (χ0n) is 24.2. The highest BCUT2D eigenvalue weighted by Crippen LogP contribution is 2.68. The van der Waals surface area contributed by atoms with Crippen LogP contribution in [0.3, 0.4) is 0 Å². The summed E-state index contributed by atoms with van der Waals surface area (Å²) in [5, 5.41) is 2.60. The Morgan fingerprint density at radius 3 is 2.45 bits per heavy atom. The van der Waals surface area contributed by atoms with Crippen LogP contribution in [0.2, 0.25) is 0 Å². The van der Waals surface area contributed by atoms with Gasteiger partial charge in [0.05, 0.1) is 12.0 Å². The summed E-state index contributed by atoms with van der Waals surface area (Å²) in [7, 11) is 3.43. The molecule has 8 heteroatoms. The minimum Gasteiger partial charge on any atom is -0.445 e. The van der Waals surface area contributed by atoms with Crippen LogP contribution < -0.4 is 5.32 Å². The molecule has 5 fully saturated rings. The number of alkyl carbamates (subject to hydrolysis) is 1. The molecule has 3 aliphatic carbocycles. The SMILES string of the molecule is COCC[C@]1(C)C[C@@H](OC(=O)NC(=O)[C@H]2CN3CC[C@@H]2C3)[C@@]2(C)C3C(OC)CCC3(CC[C@H]2C)[C@@H](C)C1=O. The first-order valence-corrected chi connectivity index (χ1v) is 14.8. The Morgan fingerprint density at radius 2 is 1.82 bits per heavy atom. The molecule has 0 spiro atoms. The highest BCUT2D eigenvalue weighted by Gasteiger charge is 2.68. The van der Waals surface area contributed by atoms with E-state index in [1.807, 2.05) is 6.92 Å². The molecule has 4 bridgehead atoms. The third kappa shape index (κ3) is 4.24. The second kappa shape index (κ2) is 10.2. The maximum Gasteiger partial charge on any atom is 0.414 e. The zero-order valence-corrected chi connectivity index (χ0v) is 24.2. The lowest BCUT2D eigenvalue weighted by Gasteiger charge is -2.61. The van der Waals surface area contributed by atoms with E-state index >= 15 is 0 Å². The normalized spacial score (nSPS) is 47.8. The third-order valence-corrected chi connectivity index (χ3v) is 12.1. The molecule has 0 aromatic rings. The minimum absolute atomic E-state index is 0.0141. The number of rotatable bonds is 6. The monoisotopic (exact) mass is 532 g/mol. The number of nitrogens with one attached hydrogen (secondary N) is 1. The first kappa shape index (κ1) is 28.0. The van der Waals surface area contributed by atoms with Gasteiger partial charge in [-0.15, -0.1) is 0 Å². The average Bonchev–Trinajstić information content (AvgIpc) is 3.63. The number of Topliss-reactive ketones (excluding diaryl/α,β-unsaturated/α-hetero) is 1. The van der Waals surface area contributed by atoms with Crippen molar-refractivity contribution in [3.8, 4) is 0 Å². The molecule has 0 aromatic heterocycles. The summed E-state index contributed by atoms with van der Waals surface area (Å²) in [6.45, 7) is 11.8. The quantitative estimate of drug-likeness (QED) is 0.551. The number of ketones is 1. The van der Waals surface area contributed by atoms with Crippen molar-refractivity contribution in [3.05, 3.63) is 0 Å². The average molecular weight is 533 g/mol. The first-order valence-electron chi connectivity index (χ1n) is 14.8. The number of ether oxygens (including phenoxy) is 3. The van der Waals surface area contributed by atoms with E-state index in [4.69, 9.17) is 14.2 Å². The third-order valence-electron chi connectivity index (χ3n) is 12.1. The highest BCUT2D eigenvalue weighted by atomic mass is 16.6. The second-order valence-electron chi connectivity index (χ2n) is 13.7. The van der Waals surface area contributed by atoms with Gasteiger partial charge in [-0.1, -0.05) is 27.7 Å². The molecule has 2 amide bonds. The molecule has 8 nitrogen and oxygen atoms in total. The molecular formula is C30H48N2O6. The van der Waals surface area contributed by atoms with Crippen LogP contribution in [-0.4, -0.2) is 75.4 Å². The van der Waals surface area contributed by atoms with Crippen LogP contribution in [0.5, 0.6) is 0 Å². The molecule has 38 heavy (non-hydrogen) atoms. The predicted octanol–water partition coefficient (Wildman–Crippen LogP) is 4.06. The van der Waals surface area contributed by atoms with E-state index in [-0.39, 0.29) is 46.9 Å². The topological polar surface area (TPSA) is 94.2 Å². The summed E-state index contributed by atoms with van der Waals surface area (Å²) in [4.78, 5) is 43.1. The van der Waals surface area contributed by atoms with Crippen LogP contribution in [0.15, 0.2) is 0 Å². The summed E-state index contributed by atoms with van der Waals surface area (Å²) in [5.74, 6) is 0.439. The fourth-order valence-corrected chi connectivity index (χ4v) is 9.65. The van der Waals surface area contributed by atoms with Gasteiger partial charge in [-0.3, -0.25) is 14.9 Å². The Morgan fingerprint density at radius 1 is 1.08 bits per heavy atom. The van der Waals surface area contributed by atoms with E-state index in [9.17, 15) is 14.4 Å². The number of imide groups is 1. The van der Waals surface area contributed by atoms with Gasteiger partial charge in [-0.05, 0) is 68.7 Å². The van der Waals surface area contributed by atoms with Crippen LogP contribution in [-0.2, 0) is 23.8 Å². The van der Waals surface area contributed by atoms with Crippen molar-refractivity contribution in [2.45, 2.75) is 84.8 Å². The summed E-state index contributed by atoms with van der Waals surface area (Å²) in [6, 6.07) is 0. The van der Waals surface area contributed by atoms with E-state index in [1.165, 1.54) is 0 Å². The van der Waals surface area contributed by atoms with Crippen LogP contribution >= 0.6 is 0 Å². The van der Waals surface area contributed by atoms with E-state index in [0.29, 0.717) is 31.9 Å². The summed E-state index contributed by atoms with van der Waals surface area (Å²) in [6.07, 6.45) is 4.64. The molecule has 214 valence electrons. The molecule has 5 rings (SSSR count). The smallest absolute Gasteiger partial charge is 0.414 e.